The Hall–Kier alpha value is -3.00. The zero-order valence-corrected chi connectivity index (χ0v) is 16.9. The maximum absolute atomic E-state index is 11.7. The monoisotopic (exact) mass is 441 g/mol. The normalized spacial score (nSPS) is 10.5. The molecule has 8 heteroatoms. The summed E-state index contributed by atoms with van der Waals surface area (Å²) in [5, 5.41) is 17.7. The molecule has 0 saturated carbocycles. The van der Waals surface area contributed by atoms with Crippen molar-refractivity contribution < 1.29 is 4.92 Å². The molecule has 1 aromatic heterocycles. The van der Waals surface area contributed by atoms with Crippen LogP contribution in [0.25, 0.3) is 0 Å². The number of nitro groups is 1. The van der Waals surface area contributed by atoms with Crippen molar-refractivity contribution in [1.29, 1.82) is 0 Å². The van der Waals surface area contributed by atoms with E-state index in [-0.39, 0.29) is 17.3 Å². The Morgan fingerprint density at radius 2 is 1.50 bits per heavy atom. The number of unbranched alkanes of at least 4 members (excludes halogenated alkanes) is 1. The number of rotatable bonds is 8. The van der Waals surface area contributed by atoms with Crippen LogP contribution in [0.5, 0.6) is 0 Å². The van der Waals surface area contributed by atoms with E-state index in [1.807, 2.05) is 36.4 Å². The van der Waals surface area contributed by atoms with E-state index < -0.39 is 4.92 Å². The van der Waals surface area contributed by atoms with Crippen LogP contribution in [0.1, 0.15) is 25.3 Å². The van der Waals surface area contributed by atoms with Gasteiger partial charge in [-0.1, -0.05) is 41.4 Å². The fraction of sp³-hybridized carbons (Fsp3) is 0.200. The molecular formula is C20H20BrN5O2. The van der Waals surface area contributed by atoms with Crippen LogP contribution < -0.4 is 10.6 Å². The molecule has 2 aromatic carbocycles. The number of hydrogen-bond acceptors (Lipinski definition) is 6. The van der Waals surface area contributed by atoms with Gasteiger partial charge in [0.15, 0.2) is 0 Å². The van der Waals surface area contributed by atoms with Gasteiger partial charge in [0.05, 0.1) is 4.92 Å². The van der Waals surface area contributed by atoms with Crippen molar-refractivity contribution in [2.75, 3.05) is 10.6 Å². The topological polar surface area (TPSA) is 93.0 Å². The highest BCUT2D eigenvalue weighted by atomic mass is 79.9. The van der Waals surface area contributed by atoms with Crippen LogP contribution in [-0.4, -0.2) is 14.9 Å². The van der Waals surface area contributed by atoms with E-state index in [4.69, 9.17) is 0 Å². The second-order valence-electron chi connectivity index (χ2n) is 6.23. The van der Waals surface area contributed by atoms with Crippen molar-refractivity contribution in [2.24, 2.45) is 0 Å². The number of aromatic nitrogens is 2. The van der Waals surface area contributed by atoms with E-state index in [1.54, 1.807) is 12.1 Å². The smallest absolute Gasteiger partial charge is 0.334 e. The van der Waals surface area contributed by atoms with Gasteiger partial charge in [0.1, 0.15) is 6.33 Å². The molecule has 0 radical (unpaired) electrons. The van der Waals surface area contributed by atoms with Gasteiger partial charge in [-0.3, -0.25) is 10.1 Å². The summed E-state index contributed by atoms with van der Waals surface area (Å²) in [6, 6.07) is 15.1. The average Bonchev–Trinajstić information content (AvgIpc) is 2.69. The van der Waals surface area contributed by atoms with E-state index >= 15 is 0 Å². The summed E-state index contributed by atoms with van der Waals surface area (Å²) >= 11 is 3.36. The van der Waals surface area contributed by atoms with Crippen molar-refractivity contribution >= 4 is 44.6 Å². The molecule has 0 atom stereocenters. The summed E-state index contributed by atoms with van der Waals surface area (Å²) < 4.78 is 0.917. The Kier molecular flexibility index (Phi) is 6.54. The van der Waals surface area contributed by atoms with Crippen molar-refractivity contribution in [3.8, 4) is 0 Å². The molecule has 1 heterocycles. The molecule has 0 unspecified atom stereocenters. The van der Waals surface area contributed by atoms with Crippen LogP contribution in [0, 0.1) is 10.1 Å². The summed E-state index contributed by atoms with van der Waals surface area (Å²) in [6.07, 6.45) is 4.59. The molecule has 0 aliphatic heterocycles. The van der Waals surface area contributed by atoms with E-state index in [2.05, 4.69) is 43.5 Å². The lowest BCUT2D eigenvalue weighted by Crippen LogP contribution is -2.05. The van der Waals surface area contributed by atoms with E-state index in [9.17, 15) is 10.1 Å². The first-order chi connectivity index (χ1) is 13.6. The lowest BCUT2D eigenvalue weighted by molar-refractivity contribution is -0.383. The Balaban J connectivity index is 1.84. The summed E-state index contributed by atoms with van der Waals surface area (Å²) in [4.78, 5) is 19.3. The maximum atomic E-state index is 11.7. The van der Waals surface area contributed by atoms with E-state index in [0.29, 0.717) is 5.69 Å². The molecule has 144 valence electrons. The van der Waals surface area contributed by atoms with E-state index in [1.165, 1.54) is 11.9 Å². The van der Waals surface area contributed by atoms with Crippen LogP contribution in [-0.2, 0) is 6.42 Å². The zero-order valence-electron chi connectivity index (χ0n) is 15.4. The molecule has 0 amide bonds. The van der Waals surface area contributed by atoms with Crippen LogP contribution >= 0.6 is 15.9 Å². The third-order valence-corrected chi connectivity index (χ3v) is 4.68. The summed E-state index contributed by atoms with van der Waals surface area (Å²) in [5.74, 6) is 0.269. The van der Waals surface area contributed by atoms with Crippen molar-refractivity contribution in [3.63, 3.8) is 0 Å². The minimum Gasteiger partial charge on any atom is -0.334 e. The molecule has 0 aliphatic carbocycles. The SMILES string of the molecule is CCCCc1ccc(Nc2ncnc(Nc3ccc(Br)cc3)c2[N+](=O)[O-])cc1. The van der Waals surface area contributed by atoms with Gasteiger partial charge in [0, 0.05) is 15.8 Å². The number of aryl methyl sites for hydroxylation is 1. The fourth-order valence-electron chi connectivity index (χ4n) is 2.68. The van der Waals surface area contributed by atoms with Crippen molar-refractivity contribution in [1.82, 2.24) is 9.97 Å². The standard InChI is InChI=1S/C20H20BrN5O2/c1-2-3-4-14-5-9-16(10-6-14)24-19-18(26(27)28)20(23-13-22-19)25-17-11-7-15(21)8-12-17/h5-13H,2-4H2,1H3,(H2,22,23,24,25). The van der Waals surface area contributed by atoms with Gasteiger partial charge < -0.3 is 10.6 Å². The van der Waals surface area contributed by atoms with Gasteiger partial charge in [-0.15, -0.1) is 0 Å². The zero-order chi connectivity index (χ0) is 19.9. The Labute approximate surface area is 171 Å². The predicted octanol–water partition coefficient (Wildman–Crippen LogP) is 5.98. The largest absolute Gasteiger partial charge is 0.353 e. The Morgan fingerprint density at radius 3 is 2.00 bits per heavy atom. The highest BCUT2D eigenvalue weighted by Crippen LogP contribution is 2.33. The van der Waals surface area contributed by atoms with Gasteiger partial charge in [0.25, 0.3) is 0 Å². The van der Waals surface area contributed by atoms with E-state index in [0.717, 1.165) is 29.4 Å². The quantitative estimate of drug-likeness (QED) is 0.330. The third kappa shape index (κ3) is 5.04. The first-order valence-corrected chi connectivity index (χ1v) is 9.74. The van der Waals surface area contributed by atoms with Crippen LogP contribution in [0.4, 0.5) is 28.7 Å². The molecule has 3 rings (SSSR count). The van der Waals surface area contributed by atoms with Crippen molar-refractivity contribution in [2.45, 2.75) is 26.2 Å². The van der Waals surface area contributed by atoms with Crippen LogP contribution in [0.15, 0.2) is 59.3 Å². The molecule has 0 saturated heterocycles. The molecule has 3 aromatic rings. The molecular weight excluding hydrogens is 422 g/mol. The van der Waals surface area contributed by atoms with Gasteiger partial charge in [-0.05, 0) is 54.8 Å². The molecule has 0 bridgehead atoms. The second-order valence-corrected chi connectivity index (χ2v) is 7.15. The highest BCUT2D eigenvalue weighted by molar-refractivity contribution is 9.10. The molecule has 7 nitrogen and oxygen atoms in total. The lowest BCUT2D eigenvalue weighted by atomic mass is 10.1. The second kappa shape index (κ2) is 9.27. The van der Waals surface area contributed by atoms with Gasteiger partial charge >= 0.3 is 5.69 Å². The number of hydrogen-bond donors (Lipinski definition) is 2. The molecule has 28 heavy (non-hydrogen) atoms. The van der Waals surface area contributed by atoms with Gasteiger partial charge in [-0.25, -0.2) is 9.97 Å². The lowest BCUT2D eigenvalue weighted by Gasteiger charge is -2.10. The van der Waals surface area contributed by atoms with Gasteiger partial charge in [0.2, 0.25) is 11.6 Å². The van der Waals surface area contributed by atoms with Crippen LogP contribution in [0.3, 0.4) is 0 Å². The number of benzene rings is 2. The first kappa shape index (κ1) is 19.8. The summed E-state index contributed by atoms with van der Waals surface area (Å²) in [6.45, 7) is 2.16. The number of anilines is 4. The van der Waals surface area contributed by atoms with Crippen molar-refractivity contribution in [3.05, 3.63) is 75.0 Å². The van der Waals surface area contributed by atoms with Gasteiger partial charge in [-0.2, -0.15) is 0 Å². The Morgan fingerprint density at radius 1 is 0.964 bits per heavy atom. The third-order valence-electron chi connectivity index (χ3n) is 4.15. The average molecular weight is 442 g/mol. The number of nitrogens with one attached hydrogen (secondary N) is 2. The summed E-state index contributed by atoms with van der Waals surface area (Å²) in [7, 11) is 0. The maximum Gasteiger partial charge on any atom is 0.353 e. The molecule has 0 fully saturated rings. The number of halogens is 1. The molecule has 0 spiro atoms. The number of nitrogens with zero attached hydrogens (tertiary/aromatic N) is 3. The first-order valence-electron chi connectivity index (χ1n) is 8.94. The Bertz CT molecular complexity index is 946. The molecule has 2 N–H and O–H groups in total. The minimum atomic E-state index is -0.487. The highest BCUT2D eigenvalue weighted by Gasteiger charge is 2.23. The molecule has 0 aliphatic rings. The van der Waals surface area contributed by atoms with Crippen LogP contribution in [0.2, 0.25) is 0 Å². The minimum absolute atomic E-state index is 0.129. The predicted molar refractivity (Wildman–Crippen MR) is 114 cm³/mol. The summed E-state index contributed by atoms with van der Waals surface area (Å²) in [5.41, 5.74) is 2.45. The fourth-order valence-corrected chi connectivity index (χ4v) is 2.94.